The molecule has 0 saturated heterocycles. The third-order valence-electron chi connectivity index (χ3n) is 2.20. The highest BCUT2D eigenvalue weighted by atomic mass is 35.5. The summed E-state index contributed by atoms with van der Waals surface area (Å²) >= 11 is 5.49. The Hall–Kier alpha value is -1.47. The van der Waals surface area contributed by atoms with Crippen molar-refractivity contribution in [1.29, 1.82) is 0 Å². The predicted molar refractivity (Wildman–Crippen MR) is 57.3 cm³/mol. The number of alkyl halides is 3. The van der Waals surface area contributed by atoms with Crippen molar-refractivity contribution in [1.82, 2.24) is 0 Å². The molecule has 8 heteroatoms. The lowest BCUT2D eigenvalue weighted by atomic mass is 10.00. The van der Waals surface area contributed by atoms with Crippen LogP contribution in [0, 0.1) is 0 Å². The molecule has 0 spiro atoms. The predicted octanol–water partition coefficient (Wildman–Crippen LogP) is 2.54. The van der Waals surface area contributed by atoms with Gasteiger partial charge in [0.25, 0.3) is 0 Å². The van der Waals surface area contributed by atoms with Crippen LogP contribution in [0.4, 0.5) is 13.2 Å². The largest absolute Gasteiger partial charge is 0.507 e. The van der Waals surface area contributed by atoms with Crippen LogP contribution >= 0.6 is 11.6 Å². The van der Waals surface area contributed by atoms with Crippen molar-refractivity contribution >= 4 is 17.6 Å². The monoisotopic (exact) mass is 283 g/mol. The van der Waals surface area contributed by atoms with E-state index < -0.39 is 35.9 Å². The number of phenols is 1. The Morgan fingerprint density at radius 1 is 1.44 bits per heavy atom. The SMILES string of the molecule is NC(CC(=O)O)c1cc(Cl)cc(C(F)(F)F)c1O. The van der Waals surface area contributed by atoms with Crippen LogP contribution in [0.15, 0.2) is 12.1 Å². The van der Waals surface area contributed by atoms with Crippen LogP contribution in [0.25, 0.3) is 0 Å². The molecule has 0 amide bonds. The second-order valence-corrected chi connectivity index (χ2v) is 4.03. The van der Waals surface area contributed by atoms with Gasteiger partial charge < -0.3 is 15.9 Å². The molecule has 1 rings (SSSR count). The maximum Gasteiger partial charge on any atom is 0.420 e. The van der Waals surface area contributed by atoms with Crippen LogP contribution in [0.2, 0.25) is 5.02 Å². The van der Waals surface area contributed by atoms with E-state index in [-0.39, 0.29) is 10.6 Å². The number of aliphatic carboxylic acids is 1. The highest BCUT2D eigenvalue weighted by Gasteiger charge is 2.36. The minimum Gasteiger partial charge on any atom is -0.507 e. The topological polar surface area (TPSA) is 83.6 Å². The molecule has 0 aliphatic rings. The normalized spacial score (nSPS) is 13.4. The van der Waals surface area contributed by atoms with Gasteiger partial charge in [-0.1, -0.05) is 11.6 Å². The molecule has 100 valence electrons. The van der Waals surface area contributed by atoms with Gasteiger partial charge in [0.1, 0.15) is 5.75 Å². The summed E-state index contributed by atoms with van der Waals surface area (Å²) in [7, 11) is 0. The summed E-state index contributed by atoms with van der Waals surface area (Å²) in [6, 6.07) is 0.287. The Balaban J connectivity index is 3.29. The van der Waals surface area contributed by atoms with E-state index in [1.807, 2.05) is 0 Å². The van der Waals surface area contributed by atoms with Crippen molar-refractivity contribution in [3.8, 4) is 5.75 Å². The third-order valence-corrected chi connectivity index (χ3v) is 2.42. The first kappa shape index (κ1) is 14.6. The highest BCUT2D eigenvalue weighted by Crippen LogP contribution is 2.41. The molecule has 0 radical (unpaired) electrons. The summed E-state index contributed by atoms with van der Waals surface area (Å²) < 4.78 is 37.7. The average molecular weight is 284 g/mol. The number of carboxylic acid groups (broad SMARTS) is 1. The molecule has 1 unspecified atom stereocenters. The van der Waals surface area contributed by atoms with Crippen molar-refractivity contribution in [3.05, 3.63) is 28.3 Å². The number of halogens is 4. The van der Waals surface area contributed by atoms with Crippen LogP contribution in [-0.4, -0.2) is 16.2 Å². The maximum absolute atomic E-state index is 12.6. The van der Waals surface area contributed by atoms with Gasteiger partial charge in [-0.05, 0) is 12.1 Å². The van der Waals surface area contributed by atoms with Crippen LogP contribution < -0.4 is 5.73 Å². The number of carbonyl (C=O) groups is 1. The lowest BCUT2D eigenvalue weighted by Crippen LogP contribution is -2.17. The third kappa shape index (κ3) is 3.27. The van der Waals surface area contributed by atoms with Crippen molar-refractivity contribution < 1.29 is 28.2 Å². The minimum atomic E-state index is -4.80. The van der Waals surface area contributed by atoms with Gasteiger partial charge in [0.15, 0.2) is 0 Å². The lowest BCUT2D eigenvalue weighted by molar-refractivity contribution is -0.138. The summed E-state index contributed by atoms with van der Waals surface area (Å²) in [5, 5.41) is 17.7. The average Bonchev–Trinajstić information content (AvgIpc) is 2.18. The van der Waals surface area contributed by atoms with E-state index in [1.54, 1.807) is 0 Å². The number of hydrogen-bond donors (Lipinski definition) is 3. The van der Waals surface area contributed by atoms with Gasteiger partial charge in [0.05, 0.1) is 12.0 Å². The summed E-state index contributed by atoms with van der Waals surface area (Å²) in [5.41, 5.74) is 3.72. The van der Waals surface area contributed by atoms with Gasteiger partial charge in [-0.15, -0.1) is 0 Å². The zero-order chi connectivity index (χ0) is 14.1. The maximum atomic E-state index is 12.6. The number of nitrogens with two attached hydrogens (primary N) is 1. The lowest BCUT2D eigenvalue weighted by Gasteiger charge is -2.16. The molecule has 4 nitrogen and oxygen atoms in total. The summed E-state index contributed by atoms with van der Waals surface area (Å²) in [4.78, 5) is 10.4. The Kier molecular flexibility index (Phi) is 4.08. The van der Waals surface area contributed by atoms with E-state index in [1.165, 1.54) is 0 Å². The molecule has 1 aromatic carbocycles. The number of rotatable bonds is 3. The molecule has 18 heavy (non-hydrogen) atoms. The molecule has 0 heterocycles. The van der Waals surface area contributed by atoms with Crippen molar-refractivity contribution in [2.45, 2.75) is 18.6 Å². The Labute approximate surface area is 105 Å². The fraction of sp³-hybridized carbons (Fsp3) is 0.300. The van der Waals surface area contributed by atoms with E-state index >= 15 is 0 Å². The van der Waals surface area contributed by atoms with Gasteiger partial charge in [-0.25, -0.2) is 0 Å². The van der Waals surface area contributed by atoms with E-state index in [4.69, 9.17) is 22.4 Å². The fourth-order valence-electron chi connectivity index (χ4n) is 1.42. The molecule has 0 aliphatic heterocycles. The number of hydrogen-bond acceptors (Lipinski definition) is 3. The Bertz CT molecular complexity index is 476. The molecular weight excluding hydrogens is 275 g/mol. The van der Waals surface area contributed by atoms with Gasteiger partial charge in [-0.2, -0.15) is 13.2 Å². The Morgan fingerprint density at radius 3 is 2.44 bits per heavy atom. The van der Waals surface area contributed by atoms with Crippen molar-refractivity contribution in [2.75, 3.05) is 0 Å². The quantitative estimate of drug-likeness (QED) is 0.796. The fourth-order valence-corrected chi connectivity index (χ4v) is 1.64. The van der Waals surface area contributed by atoms with Crippen LogP contribution in [0.1, 0.15) is 23.6 Å². The first-order valence-electron chi connectivity index (χ1n) is 4.70. The number of aromatic hydroxyl groups is 1. The standard InChI is InChI=1S/C10H9ClF3NO3/c11-4-1-5(7(15)3-8(16)17)9(18)6(2-4)10(12,13)14/h1-2,7,18H,3,15H2,(H,16,17). The molecule has 1 atom stereocenters. The van der Waals surface area contributed by atoms with E-state index in [0.717, 1.165) is 6.07 Å². The van der Waals surface area contributed by atoms with Crippen molar-refractivity contribution in [3.63, 3.8) is 0 Å². The number of phenolic OH excluding ortho intramolecular Hbond substituents is 1. The van der Waals surface area contributed by atoms with Crippen LogP contribution in [-0.2, 0) is 11.0 Å². The molecule has 0 bridgehead atoms. The molecule has 1 aromatic rings. The minimum absolute atomic E-state index is 0.282. The van der Waals surface area contributed by atoms with Gasteiger partial charge in [-0.3, -0.25) is 4.79 Å². The molecule has 4 N–H and O–H groups in total. The van der Waals surface area contributed by atoms with Gasteiger partial charge in [0, 0.05) is 16.6 Å². The first-order chi connectivity index (χ1) is 8.12. The second-order valence-electron chi connectivity index (χ2n) is 3.59. The smallest absolute Gasteiger partial charge is 0.420 e. The summed E-state index contributed by atoms with van der Waals surface area (Å²) in [6.07, 6.45) is -5.42. The van der Waals surface area contributed by atoms with Crippen molar-refractivity contribution in [2.24, 2.45) is 5.73 Å². The summed E-state index contributed by atoms with van der Waals surface area (Å²) in [6.45, 7) is 0. The van der Waals surface area contributed by atoms with Crippen LogP contribution in [0.5, 0.6) is 5.75 Å². The number of benzene rings is 1. The molecule has 0 aromatic heterocycles. The van der Waals surface area contributed by atoms with Gasteiger partial charge >= 0.3 is 12.1 Å². The molecule has 0 aliphatic carbocycles. The van der Waals surface area contributed by atoms with Crippen LogP contribution in [0.3, 0.4) is 0 Å². The summed E-state index contributed by atoms with van der Waals surface area (Å²) in [5.74, 6) is -2.39. The zero-order valence-electron chi connectivity index (χ0n) is 8.83. The zero-order valence-corrected chi connectivity index (χ0v) is 9.59. The molecule has 0 fully saturated rings. The first-order valence-corrected chi connectivity index (χ1v) is 5.07. The molecule has 0 saturated carbocycles. The highest BCUT2D eigenvalue weighted by molar-refractivity contribution is 6.30. The second kappa shape index (κ2) is 5.03. The number of carboxylic acids is 1. The van der Waals surface area contributed by atoms with E-state index in [9.17, 15) is 23.1 Å². The van der Waals surface area contributed by atoms with E-state index in [0.29, 0.717) is 6.07 Å². The van der Waals surface area contributed by atoms with E-state index in [2.05, 4.69) is 0 Å². The Morgan fingerprint density at radius 2 is 2.00 bits per heavy atom. The molecular formula is C10H9ClF3NO3. The van der Waals surface area contributed by atoms with Gasteiger partial charge in [0.2, 0.25) is 0 Å².